The van der Waals surface area contributed by atoms with E-state index in [0.717, 1.165) is 22.4 Å². The summed E-state index contributed by atoms with van der Waals surface area (Å²) in [5.41, 5.74) is 3.36. The normalized spacial score (nSPS) is 16.8. The van der Waals surface area contributed by atoms with Crippen LogP contribution >= 0.6 is 0 Å². The number of methoxy groups -OCH3 is 1. The van der Waals surface area contributed by atoms with Gasteiger partial charge in [0.25, 0.3) is 5.89 Å². The minimum absolute atomic E-state index is 0.181. The van der Waals surface area contributed by atoms with E-state index in [2.05, 4.69) is 15.5 Å². The molecule has 7 heteroatoms. The molecule has 1 unspecified atom stereocenters. The molecule has 0 spiro atoms. The van der Waals surface area contributed by atoms with Gasteiger partial charge >= 0.3 is 6.03 Å². The summed E-state index contributed by atoms with van der Waals surface area (Å²) in [4.78, 5) is 19.0. The van der Waals surface area contributed by atoms with Crippen molar-refractivity contribution in [3.8, 4) is 11.4 Å². The summed E-state index contributed by atoms with van der Waals surface area (Å²) in [6.45, 7) is 2.75. The first-order valence-electron chi connectivity index (χ1n) is 9.41. The number of amides is 2. The Hall–Kier alpha value is -3.45. The predicted octanol–water partition coefficient (Wildman–Crippen LogP) is 3.88. The summed E-state index contributed by atoms with van der Waals surface area (Å²) in [5, 5.41) is 7.22. The van der Waals surface area contributed by atoms with Crippen LogP contribution in [0.5, 0.6) is 0 Å². The Bertz CT molecular complexity index is 1010. The number of nitrogens with one attached hydrogen (secondary N) is 1. The SMILES string of the molecule is COCCN1C(=O)NC(c2ccccc2)C(c2nc(-c3ccccc3)no2)=C1C. The van der Waals surface area contributed by atoms with E-state index in [1.54, 1.807) is 12.0 Å². The molecule has 1 atom stereocenters. The fraction of sp³-hybridized carbons (Fsp3) is 0.227. The van der Waals surface area contributed by atoms with E-state index < -0.39 is 0 Å². The van der Waals surface area contributed by atoms with Crippen molar-refractivity contribution in [2.75, 3.05) is 20.3 Å². The molecule has 0 bridgehead atoms. The van der Waals surface area contributed by atoms with Gasteiger partial charge < -0.3 is 14.6 Å². The molecule has 2 aromatic carbocycles. The third kappa shape index (κ3) is 3.77. The minimum Gasteiger partial charge on any atom is -0.383 e. The van der Waals surface area contributed by atoms with Crippen molar-refractivity contribution in [3.05, 3.63) is 77.8 Å². The Morgan fingerprint density at radius 2 is 1.79 bits per heavy atom. The van der Waals surface area contributed by atoms with Crippen LogP contribution in [0.3, 0.4) is 0 Å². The van der Waals surface area contributed by atoms with Gasteiger partial charge in [0.15, 0.2) is 0 Å². The largest absolute Gasteiger partial charge is 0.383 e. The lowest BCUT2D eigenvalue weighted by Crippen LogP contribution is -2.47. The smallest absolute Gasteiger partial charge is 0.322 e. The van der Waals surface area contributed by atoms with Crippen molar-refractivity contribution in [3.63, 3.8) is 0 Å². The number of carbonyl (C=O) groups is 1. The van der Waals surface area contributed by atoms with Crippen LogP contribution in [0.15, 0.2) is 70.9 Å². The van der Waals surface area contributed by atoms with Crippen LogP contribution in [0.4, 0.5) is 4.79 Å². The van der Waals surface area contributed by atoms with Gasteiger partial charge in [0.1, 0.15) is 0 Å². The van der Waals surface area contributed by atoms with Crippen LogP contribution < -0.4 is 5.32 Å². The van der Waals surface area contributed by atoms with E-state index in [0.29, 0.717) is 24.9 Å². The van der Waals surface area contributed by atoms with Crippen LogP contribution in [-0.4, -0.2) is 41.3 Å². The third-order valence-electron chi connectivity index (χ3n) is 4.94. The zero-order valence-corrected chi connectivity index (χ0v) is 16.3. The number of ether oxygens (including phenoxy) is 1. The molecule has 1 aliphatic rings. The Kier molecular flexibility index (Phi) is 5.39. The molecular weight excluding hydrogens is 368 g/mol. The monoisotopic (exact) mass is 390 g/mol. The molecule has 2 heterocycles. The van der Waals surface area contributed by atoms with Crippen molar-refractivity contribution < 1.29 is 14.1 Å². The summed E-state index contributed by atoms with van der Waals surface area (Å²) in [6.07, 6.45) is 0. The van der Waals surface area contributed by atoms with Crippen molar-refractivity contribution in [2.24, 2.45) is 0 Å². The molecule has 3 aromatic rings. The number of rotatable bonds is 6. The zero-order chi connectivity index (χ0) is 20.2. The molecule has 2 amide bonds. The van der Waals surface area contributed by atoms with Crippen LogP contribution in [-0.2, 0) is 4.74 Å². The highest BCUT2D eigenvalue weighted by molar-refractivity contribution is 5.86. The lowest BCUT2D eigenvalue weighted by Gasteiger charge is -2.35. The maximum atomic E-state index is 12.8. The van der Waals surface area contributed by atoms with E-state index in [1.807, 2.05) is 67.6 Å². The molecular formula is C22H22N4O3. The van der Waals surface area contributed by atoms with Crippen LogP contribution in [0.25, 0.3) is 17.0 Å². The molecule has 0 saturated carbocycles. The van der Waals surface area contributed by atoms with E-state index >= 15 is 0 Å². The van der Waals surface area contributed by atoms with Gasteiger partial charge in [0.2, 0.25) is 5.82 Å². The van der Waals surface area contributed by atoms with Gasteiger partial charge in [-0.05, 0) is 12.5 Å². The average Bonchev–Trinajstić information content (AvgIpc) is 3.24. The Morgan fingerprint density at radius 1 is 1.10 bits per heavy atom. The summed E-state index contributed by atoms with van der Waals surface area (Å²) in [6, 6.07) is 18.8. The van der Waals surface area contributed by atoms with Crippen molar-refractivity contribution in [1.82, 2.24) is 20.4 Å². The molecule has 1 aromatic heterocycles. The lowest BCUT2D eigenvalue weighted by atomic mass is 9.95. The van der Waals surface area contributed by atoms with E-state index in [9.17, 15) is 4.79 Å². The second kappa shape index (κ2) is 8.28. The molecule has 4 rings (SSSR count). The molecule has 0 saturated heterocycles. The fourth-order valence-corrected chi connectivity index (χ4v) is 3.44. The highest BCUT2D eigenvalue weighted by Crippen LogP contribution is 2.37. The summed E-state index contributed by atoms with van der Waals surface area (Å²) in [5.74, 6) is 0.894. The second-order valence-corrected chi connectivity index (χ2v) is 6.73. The molecule has 0 fully saturated rings. The Labute approximate surface area is 169 Å². The zero-order valence-electron chi connectivity index (χ0n) is 16.3. The summed E-state index contributed by atoms with van der Waals surface area (Å²) >= 11 is 0. The highest BCUT2D eigenvalue weighted by Gasteiger charge is 2.35. The van der Waals surface area contributed by atoms with Crippen LogP contribution in [0.2, 0.25) is 0 Å². The molecule has 29 heavy (non-hydrogen) atoms. The standard InChI is InChI=1S/C22H22N4O3/c1-15-18(21-24-20(25-29-21)17-11-7-4-8-12-17)19(16-9-5-3-6-10-16)23-22(27)26(15)13-14-28-2/h3-12,19H,13-14H2,1-2H3,(H,23,27). The maximum absolute atomic E-state index is 12.8. The van der Waals surface area contributed by atoms with Gasteiger partial charge in [0.05, 0.1) is 24.8 Å². The van der Waals surface area contributed by atoms with Crippen LogP contribution in [0, 0.1) is 0 Å². The highest BCUT2D eigenvalue weighted by atomic mass is 16.5. The molecule has 0 radical (unpaired) electrons. The molecule has 0 aliphatic carbocycles. The van der Waals surface area contributed by atoms with Gasteiger partial charge in [-0.2, -0.15) is 4.98 Å². The molecule has 1 aliphatic heterocycles. The first-order chi connectivity index (χ1) is 14.2. The first-order valence-corrected chi connectivity index (χ1v) is 9.41. The Morgan fingerprint density at radius 3 is 2.48 bits per heavy atom. The van der Waals surface area contributed by atoms with Gasteiger partial charge in [-0.15, -0.1) is 0 Å². The number of urea groups is 1. The summed E-state index contributed by atoms with van der Waals surface area (Å²) < 4.78 is 10.8. The third-order valence-corrected chi connectivity index (χ3v) is 4.94. The van der Waals surface area contributed by atoms with Crippen molar-refractivity contribution in [2.45, 2.75) is 13.0 Å². The number of nitrogens with zero attached hydrogens (tertiary/aromatic N) is 3. The average molecular weight is 390 g/mol. The lowest BCUT2D eigenvalue weighted by molar-refractivity contribution is 0.158. The van der Waals surface area contributed by atoms with Crippen molar-refractivity contribution >= 4 is 11.6 Å². The Balaban J connectivity index is 1.79. The van der Waals surface area contributed by atoms with Gasteiger partial charge in [0, 0.05) is 18.4 Å². The molecule has 1 N–H and O–H groups in total. The number of benzene rings is 2. The van der Waals surface area contributed by atoms with Gasteiger partial charge in [-0.25, -0.2) is 4.79 Å². The van der Waals surface area contributed by atoms with Gasteiger partial charge in [-0.1, -0.05) is 65.8 Å². The quantitative estimate of drug-likeness (QED) is 0.691. The number of allylic oxidation sites excluding steroid dienone is 1. The number of hydrogen-bond donors (Lipinski definition) is 1. The molecule has 148 valence electrons. The molecule has 7 nitrogen and oxygen atoms in total. The van der Waals surface area contributed by atoms with Gasteiger partial charge in [-0.3, -0.25) is 4.90 Å². The van der Waals surface area contributed by atoms with E-state index in [1.165, 1.54) is 0 Å². The fourth-order valence-electron chi connectivity index (χ4n) is 3.44. The first kappa shape index (κ1) is 18.9. The number of aromatic nitrogens is 2. The number of carbonyl (C=O) groups excluding carboxylic acids is 1. The summed E-state index contributed by atoms with van der Waals surface area (Å²) in [7, 11) is 1.61. The second-order valence-electron chi connectivity index (χ2n) is 6.73. The maximum Gasteiger partial charge on any atom is 0.322 e. The topological polar surface area (TPSA) is 80.5 Å². The van der Waals surface area contributed by atoms with Crippen LogP contribution in [0.1, 0.15) is 24.4 Å². The minimum atomic E-state index is -0.383. The predicted molar refractivity (Wildman–Crippen MR) is 109 cm³/mol. The van der Waals surface area contributed by atoms with E-state index in [4.69, 9.17) is 9.26 Å². The van der Waals surface area contributed by atoms with Crippen molar-refractivity contribution in [1.29, 1.82) is 0 Å². The van der Waals surface area contributed by atoms with E-state index in [-0.39, 0.29) is 12.1 Å². The number of hydrogen-bond acceptors (Lipinski definition) is 5.